The van der Waals surface area contributed by atoms with E-state index in [4.69, 9.17) is 0 Å². The molecule has 1 saturated heterocycles. The Bertz CT molecular complexity index is 640. The maximum Gasteiger partial charge on any atom is 0.219 e. The Morgan fingerprint density at radius 1 is 1.29 bits per heavy atom. The second-order valence-corrected chi connectivity index (χ2v) is 8.90. The van der Waals surface area contributed by atoms with Gasteiger partial charge in [-0.2, -0.15) is 4.31 Å². The van der Waals surface area contributed by atoms with Gasteiger partial charge in [0.15, 0.2) is 0 Å². The number of hydrogen-bond acceptors (Lipinski definition) is 3. The SMILES string of the molecule is CC(C)(C)S(=O)(=O)N1C[C@@H](O)C[C@H]1c1cc(F)ccc1F. The fourth-order valence-corrected chi connectivity index (χ4v) is 4.06. The van der Waals surface area contributed by atoms with Crippen molar-refractivity contribution in [3.63, 3.8) is 0 Å². The van der Waals surface area contributed by atoms with Gasteiger partial charge in [-0.15, -0.1) is 0 Å². The minimum atomic E-state index is -3.75. The van der Waals surface area contributed by atoms with Gasteiger partial charge in [-0.3, -0.25) is 0 Å². The fourth-order valence-electron chi connectivity index (χ4n) is 2.45. The summed E-state index contributed by atoms with van der Waals surface area (Å²) >= 11 is 0. The fraction of sp³-hybridized carbons (Fsp3) is 0.571. The average molecular weight is 319 g/mol. The molecule has 118 valence electrons. The van der Waals surface area contributed by atoms with E-state index < -0.39 is 38.6 Å². The van der Waals surface area contributed by atoms with Gasteiger partial charge in [0.05, 0.1) is 16.9 Å². The van der Waals surface area contributed by atoms with Crippen LogP contribution in [0.1, 0.15) is 38.8 Å². The minimum Gasteiger partial charge on any atom is -0.392 e. The Labute approximate surface area is 123 Å². The van der Waals surface area contributed by atoms with Crippen molar-refractivity contribution in [2.75, 3.05) is 6.54 Å². The highest BCUT2D eigenvalue weighted by Crippen LogP contribution is 2.39. The number of aliphatic hydroxyl groups is 1. The van der Waals surface area contributed by atoms with E-state index in [9.17, 15) is 22.3 Å². The summed E-state index contributed by atoms with van der Waals surface area (Å²) in [5.74, 6) is -1.31. The van der Waals surface area contributed by atoms with E-state index in [0.717, 1.165) is 22.5 Å². The molecule has 0 spiro atoms. The van der Waals surface area contributed by atoms with Crippen LogP contribution in [0.4, 0.5) is 8.78 Å². The lowest BCUT2D eigenvalue weighted by Crippen LogP contribution is -2.43. The molecule has 7 heteroatoms. The van der Waals surface area contributed by atoms with Gasteiger partial charge in [-0.1, -0.05) is 0 Å². The molecule has 0 amide bonds. The van der Waals surface area contributed by atoms with Gasteiger partial charge in [0.2, 0.25) is 10.0 Å². The van der Waals surface area contributed by atoms with Gasteiger partial charge in [-0.05, 0) is 45.4 Å². The first kappa shape index (κ1) is 16.3. The lowest BCUT2D eigenvalue weighted by molar-refractivity contribution is 0.188. The highest BCUT2D eigenvalue weighted by Gasteiger charge is 2.45. The van der Waals surface area contributed by atoms with Crippen molar-refractivity contribution in [2.45, 2.75) is 44.1 Å². The number of hydrogen-bond donors (Lipinski definition) is 1. The van der Waals surface area contributed by atoms with Crippen molar-refractivity contribution in [1.29, 1.82) is 0 Å². The summed E-state index contributed by atoms with van der Waals surface area (Å²) in [6.07, 6.45) is -0.842. The molecule has 1 aliphatic heterocycles. The van der Waals surface area contributed by atoms with Crippen LogP contribution >= 0.6 is 0 Å². The summed E-state index contributed by atoms with van der Waals surface area (Å²) in [5, 5.41) is 9.80. The Morgan fingerprint density at radius 3 is 2.48 bits per heavy atom. The number of nitrogens with zero attached hydrogens (tertiary/aromatic N) is 1. The van der Waals surface area contributed by atoms with E-state index in [0.29, 0.717) is 0 Å². The molecule has 4 nitrogen and oxygen atoms in total. The molecule has 0 aliphatic carbocycles. The highest BCUT2D eigenvalue weighted by molar-refractivity contribution is 7.90. The number of aliphatic hydroxyl groups excluding tert-OH is 1. The Kier molecular flexibility index (Phi) is 4.12. The van der Waals surface area contributed by atoms with Crippen LogP contribution in [0.15, 0.2) is 18.2 Å². The maximum atomic E-state index is 13.9. The Balaban J connectivity index is 2.50. The number of halogens is 2. The number of benzene rings is 1. The largest absolute Gasteiger partial charge is 0.392 e. The molecule has 1 fully saturated rings. The van der Waals surface area contributed by atoms with Crippen LogP contribution in [-0.2, 0) is 10.0 Å². The summed E-state index contributed by atoms with van der Waals surface area (Å²) in [7, 11) is -3.75. The molecule has 0 saturated carbocycles. The van der Waals surface area contributed by atoms with E-state index in [-0.39, 0.29) is 18.5 Å². The third-order valence-corrected chi connectivity index (χ3v) is 6.20. The first-order chi connectivity index (χ1) is 9.54. The molecule has 1 aromatic rings. The second-order valence-electron chi connectivity index (χ2n) is 6.26. The first-order valence-electron chi connectivity index (χ1n) is 6.68. The second kappa shape index (κ2) is 5.30. The van der Waals surface area contributed by atoms with Crippen molar-refractivity contribution in [2.24, 2.45) is 0 Å². The van der Waals surface area contributed by atoms with Gasteiger partial charge in [-0.25, -0.2) is 17.2 Å². The lowest BCUT2D eigenvalue weighted by atomic mass is 10.0. The Hall–Kier alpha value is -1.05. The molecular formula is C14H19F2NO3S. The smallest absolute Gasteiger partial charge is 0.219 e. The topological polar surface area (TPSA) is 57.6 Å². The molecule has 21 heavy (non-hydrogen) atoms. The van der Waals surface area contributed by atoms with Crippen molar-refractivity contribution >= 4 is 10.0 Å². The molecule has 2 rings (SSSR count). The average Bonchev–Trinajstić information content (AvgIpc) is 2.73. The van der Waals surface area contributed by atoms with Crippen LogP contribution in [0.25, 0.3) is 0 Å². The normalized spacial score (nSPS) is 24.5. The minimum absolute atomic E-state index is 0.0422. The molecule has 2 atom stereocenters. The van der Waals surface area contributed by atoms with Crippen LogP contribution in [0, 0.1) is 11.6 Å². The summed E-state index contributed by atoms with van der Waals surface area (Å²) < 4.78 is 52.4. The van der Waals surface area contributed by atoms with Crippen LogP contribution in [0.5, 0.6) is 0 Å². The molecule has 1 aromatic carbocycles. The molecule has 0 radical (unpaired) electrons. The predicted octanol–water partition coefficient (Wildman–Crippen LogP) is 2.20. The zero-order chi connectivity index (χ0) is 16.0. The van der Waals surface area contributed by atoms with Crippen molar-refractivity contribution in [3.8, 4) is 0 Å². The zero-order valence-corrected chi connectivity index (χ0v) is 13.0. The predicted molar refractivity (Wildman–Crippen MR) is 75.1 cm³/mol. The van der Waals surface area contributed by atoms with E-state index >= 15 is 0 Å². The first-order valence-corrected chi connectivity index (χ1v) is 8.12. The van der Waals surface area contributed by atoms with E-state index in [1.54, 1.807) is 0 Å². The van der Waals surface area contributed by atoms with Gasteiger partial charge in [0, 0.05) is 12.1 Å². The number of sulfonamides is 1. The maximum absolute atomic E-state index is 13.9. The third kappa shape index (κ3) is 2.95. The Morgan fingerprint density at radius 2 is 1.90 bits per heavy atom. The third-order valence-electron chi connectivity index (χ3n) is 3.63. The van der Waals surface area contributed by atoms with Crippen molar-refractivity contribution < 1.29 is 22.3 Å². The summed E-state index contributed by atoms with van der Waals surface area (Å²) in [5.41, 5.74) is -0.0422. The van der Waals surface area contributed by atoms with Crippen LogP contribution in [0.2, 0.25) is 0 Å². The molecule has 1 heterocycles. The van der Waals surface area contributed by atoms with E-state index in [1.807, 2.05) is 0 Å². The molecule has 0 unspecified atom stereocenters. The molecule has 1 aliphatic rings. The summed E-state index contributed by atoms with van der Waals surface area (Å²) in [4.78, 5) is 0. The molecule has 0 bridgehead atoms. The summed E-state index contributed by atoms with van der Waals surface area (Å²) in [6, 6.07) is 2.05. The van der Waals surface area contributed by atoms with Crippen LogP contribution in [0.3, 0.4) is 0 Å². The quantitative estimate of drug-likeness (QED) is 0.909. The standard InChI is InChI=1S/C14H19F2NO3S/c1-14(2,3)21(19,20)17-8-10(18)7-13(17)11-6-9(15)4-5-12(11)16/h4-6,10,13,18H,7-8H2,1-3H3/t10-,13-/m0/s1. The number of rotatable bonds is 2. The van der Waals surface area contributed by atoms with Gasteiger partial charge >= 0.3 is 0 Å². The van der Waals surface area contributed by atoms with Crippen LogP contribution in [-0.4, -0.2) is 35.2 Å². The van der Waals surface area contributed by atoms with Crippen molar-refractivity contribution in [3.05, 3.63) is 35.4 Å². The number of β-amino-alcohol motifs (C(OH)–C–C–N with tert-alkyl or cyclic N) is 1. The molecule has 0 aromatic heterocycles. The molecular weight excluding hydrogens is 300 g/mol. The monoisotopic (exact) mass is 319 g/mol. The zero-order valence-electron chi connectivity index (χ0n) is 12.2. The summed E-state index contributed by atoms with van der Waals surface area (Å²) in [6.45, 7) is 4.49. The van der Waals surface area contributed by atoms with Gasteiger partial charge in [0.1, 0.15) is 11.6 Å². The lowest BCUT2D eigenvalue weighted by Gasteiger charge is -2.31. The van der Waals surface area contributed by atoms with Gasteiger partial charge < -0.3 is 5.11 Å². The van der Waals surface area contributed by atoms with Gasteiger partial charge in [0.25, 0.3) is 0 Å². The highest BCUT2D eigenvalue weighted by atomic mass is 32.2. The van der Waals surface area contributed by atoms with Crippen LogP contribution < -0.4 is 0 Å². The molecule has 1 N–H and O–H groups in total. The van der Waals surface area contributed by atoms with E-state index in [2.05, 4.69) is 0 Å². The van der Waals surface area contributed by atoms with E-state index in [1.165, 1.54) is 20.8 Å². The van der Waals surface area contributed by atoms with Crippen molar-refractivity contribution in [1.82, 2.24) is 4.31 Å².